The van der Waals surface area contributed by atoms with Crippen molar-refractivity contribution >= 4 is 0 Å². The molecule has 4 rings (SSSR count). The van der Waals surface area contributed by atoms with Gasteiger partial charge in [-0.05, 0) is 61.6 Å². The second kappa shape index (κ2) is 9.79. The van der Waals surface area contributed by atoms with Crippen molar-refractivity contribution in [1.82, 2.24) is 0 Å². The number of hydrogen-bond acceptors (Lipinski definition) is 3. The van der Waals surface area contributed by atoms with Crippen molar-refractivity contribution < 1.29 is 32.1 Å². The van der Waals surface area contributed by atoms with Gasteiger partial charge in [0.25, 0.3) is 0 Å². The minimum Gasteiger partial charge on any atom is -0.490 e. The molecule has 2 fully saturated rings. The molecule has 32 heavy (non-hydrogen) atoms. The van der Waals surface area contributed by atoms with Crippen molar-refractivity contribution in [3.63, 3.8) is 0 Å². The third-order valence-corrected chi connectivity index (χ3v) is 6.58. The van der Waals surface area contributed by atoms with Gasteiger partial charge in [-0.25, -0.2) is 13.2 Å². The second-order valence-corrected chi connectivity index (χ2v) is 8.81. The predicted octanol–water partition coefficient (Wildman–Crippen LogP) is 6.50. The van der Waals surface area contributed by atoms with Gasteiger partial charge in [0.2, 0.25) is 5.82 Å². The van der Waals surface area contributed by atoms with Crippen LogP contribution in [0.15, 0.2) is 24.3 Å². The van der Waals surface area contributed by atoms with Crippen LogP contribution in [0.25, 0.3) is 0 Å². The number of aliphatic hydroxyl groups excluding tert-OH is 1. The fourth-order valence-electron chi connectivity index (χ4n) is 4.56. The van der Waals surface area contributed by atoms with Crippen molar-refractivity contribution in [3.05, 3.63) is 64.2 Å². The molecule has 3 nitrogen and oxygen atoms in total. The normalized spacial score (nSPS) is 23.8. The van der Waals surface area contributed by atoms with Crippen molar-refractivity contribution in [2.75, 3.05) is 13.2 Å². The molecule has 2 aromatic carbocycles. The maximum Gasteiger partial charge on any atom is 0.200 e. The maximum atomic E-state index is 14.6. The van der Waals surface area contributed by atoms with Gasteiger partial charge in [-0.2, -0.15) is 4.39 Å². The van der Waals surface area contributed by atoms with E-state index in [1.807, 2.05) is 6.92 Å². The molecule has 1 heterocycles. The van der Waals surface area contributed by atoms with Gasteiger partial charge in [-0.15, -0.1) is 0 Å². The van der Waals surface area contributed by atoms with Gasteiger partial charge in [-0.1, -0.05) is 25.5 Å². The standard InChI is InChI=1S/C25H28F4O3/c1-2-3-19(30)17-10-11-20(25(29)23(17)27)31-12-14-4-6-15(7-5-14)16-8-9-18(21-13-32-21)24(28)22(16)26/h8-11,14-15,19,21,30H,2-7,12-13H2,1H3. The van der Waals surface area contributed by atoms with Crippen LogP contribution in [-0.4, -0.2) is 18.3 Å². The van der Waals surface area contributed by atoms with E-state index >= 15 is 0 Å². The Balaban J connectivity index is 1.33. The van der Waals surface area contributed by atoms with Gasteiger partial charge in [0.1, 0.15) is 6.10 Å². The first-order valence-electron chi connectivity index (χ1n) is 11.3. The molecule has 7 heteroatoms. The summed E-state index contributed by atoms with van der Waals surface area (Å²) in [4.78, 5) is 0. The molecule has 1 aliphatic heterocycles. The van der Waals surface area contributed by atoms with E-state index in [0.29, 0.717) is 37.9 Å². The molecule has 0 radical (unpaired) electrons. The van der Waals surface area contributed by atoms with Gasteiger partial charge in [-0.3, -0.25) is 0 Å². The van der Waals surface area contributed by atoms with Crippen LogP contribution in [0.3, 0.4) is 0 Å². The Labute approximate surface area is 185 Å². The number of benzene rings is 2. The van der Waals surface area contributed by atoms with Crippen molar-refractivity contribution in [1.29, 1.82) is 0 Å². The topological polar surface area (TPSA) is 42.0 Å². The number of halogens is 4. The average molecular weight is 452 g/mol. The first-order valence-corrected chi connectivity index (χ1v) is 11.3. The average Bonchev–Trinajstić information content (AvgIpc) is 3.62. The number of aliphatic hydroxyl groups is 1. The molecular weight excluding hydrogens is 424 g/mol. The zero-order valence-electron chi connectivity index (χ0n) is 18.1. The van der Waals surface area contributed by atoms with Gasteiger partial charge in [0.15, 0.2) is 23.2 Å². The molecule has 2 unspecified atom stereocenters. The summed E-state index contributed by atoms with van der Waals surface area (Å²) in [5, 5.41) is 9.95. The molecule has 2 aliphatic rings. The minimum atomic E-state index is -1.09. The monoisotopic (exact) mass is 452 g/mol. The number of rotatable bonds is 8. The summed E-state index contributed by atoms with van der Waals surface area (Å²) >= 11 is 0. The fraction of sp³-hybridized carbons (Fsp3) is 0.520. The summed E-state index contributed by atoms with van der Waals surface area (Å²) in [7, 11) is 0. The summed E-state index contributed by atoms with van der Waals surface area (Å²) in [5.41, 5.74) is 0.599. The summed E-state index contributed by atoms with van der Waals surface area (Å²) in [6.07, 6.45) is 2.40. The molecule has 2 atom stereocenters. The molecule has 1 aliphatic carbocycles. The van der Waals surface area contributed by atoms with E-state index in [-0.39, 0.29) is 41.4 Å². The van der Waals surface area contributed by atoms with Crippen LogP contribution in [0.1, 0.15) is 80.3 Å². The lowest BCUT2D eigenvalue weighted by molar-refractivity contribution is 0.159. The van der Waals surface area contributed by atoms with Crippen LogP contribution < -0.4 is 4.74 Å². The second-order valence-electron chi connectivity index (χ2n) is 8.81. The lowest BCUT2D eigenvalue weighted by Crippen LogP contribution is -2.20. The van der Waals surface area contributed by atoms with E-state index in [1.165, 1.54) is 12.1 Å². The highest BCUT2D eigenvalue weighted by Gasteiger charge is 2.32. The van der Waals surface area contributed by atoms with Gasteiger partial charge >= 0.3 is 0 Å². The molecular formula is C25H28F4O3. The van der Waals surface area contributed by atoms with E-state index in [2.05, 4.69) is 0 Å². The number of hydrogen-bond donors (Lipinski definition) is 1. The maximum absolute atomic E-state index is 14.6. The molecule has 174 valence electrons. The summed E-state index contributed by atoms with van der Waals surface area (Å²) in [6, 6.07) is 5.98. The van der Waals surface area contributed by atoms with Crippen molar-refractivity contribution in [2.24, 2.45) is 5.92 Å². The molecule has 1 saturated heterocycles. The molecule has 1 N–H and O–H groups in total. The largest absolute Gasteiger partial charge is 0.490 e. The van der Waals surface area contributed by atoms with E-state index < -0.39 is 29.4 Å². The Bertz CT molecular complexity index is 953. The minimum absolute atomic E-state index is 0.0641. The van der Waals surface area contributed by atoms with Gasteiger partial charge < -0.3 is 14.6 Å². The summed E-state index contributed by atoms with van der Waals surface area (Å²) in [5.74, 6) is -3.92. The van der Waals surface area contributed by atoms with Gasteiger partial charge in [0.05, 0.1) is 19.3 Å². The van der Waals surface area contributed by atoms with Crippen molar-refractivity contribution in [2.45, 2.75) is 63.6 Å². The number of epoxide rings is 1. The first kappa shape index (κ1) is 23.1. The van der Waals surface area contributed by atoms with Crippen LogP contribution in [0.4, 0.5) is 17.6 Å². The summed E-state index contributed by atoms with van der Waals surface area (Å²) in [6.45, 7) is 2.49. The zero-order chi connectivity index (χ0) is 22.8. The van der Waals surface area contributed by atoms with Crippen LogP contribution in [-0.2, 0) is 4.74 Å². The van der Waals surface area contributed by atoms with Crippen LogP contribution in [0.2, 0.25) is 0 Å². The van der Waals surface area contributed by atoms with Gasteiger partial charge in [0, 0.05) is 11.1 Å². The first-order chi connectivity index (χ1) is 15.4. The third-order valence-electron chi connectivity index (χ3n) is 6.58. The van der Waals surface area contributed by atoms with Crippen LogP contribution in [0, 0.1) is 29.2 Å². The van der Waals surface area contributed by atoms with E-state index in [0.717, 1.165) is 12.8 Å². The third kappa shape index (κ3) is 4.79. The Morgan fingerprint density at radius 2 is 1.59 bits per heavy atom. The van der Waals surface area contributed by atoms with Crippen LogP contribution >= 0.6 is 0 Å². The van der Waals surface area contributed by atoms with E-state index in [1.54, 1.807) is 12.1 Å². The number of ether oxygens (including phenoxy) is 2. The lowest BCUT2D eigenvalue weighted by atomic mass is 9.78. The quantitative estimate of drug-likeness (QED) is 0.367. The van der Waals surface area contributed by atoms with E-state index in [9.17, 15) is 22.7 Å². The van der Waals surface area contributed by atoms with Crippen molar-refractivity contribution in [3.8, 4) is 5.75 Å². The van der Waals surface area contributed by atoms with E-state index in [4.69, 9.17) is 9.47 Å². The molecule has 1 saturated carbocycles. The molecule has 0 aromatic heterocycles. The Kier molecular flexibility index (Phi) is 7.05. The summed E-state index contributed by atoms with van der Waals surface area (Å²) < 4.78 is 68.2. The SMILES string of the molecule is CCCC(O)c1ccc(OCC2CCC(c3ccc(C4CO4)c(F)c3F)CC2)c(F)c1F. The zero-order valence-corrected chi connectivity index (χ0v) is 18.1. The lowest BCUT2D eigenvalue weighted by Gasteiger charge is -2.29. The Hall–Kier alpha value is -2.12. The highest BCUT2D eigenvalue weighted by atomic mass is 19.2. The smallest absolute Gasteiger partial charge is 0.200 e. The predicted molar refractivity (Wildman–Crippen MR) is 111 cm³/mol. The van der Waals surface area contributed by atoms with Crippen LogP contribution in [0.5, 0.6) is 5.75 Å². The molecule has 0 spiro atoms. The molecule has 0 bridgehead atoms. The molecule has 0 amide bonds. The molecule has 2 aromatic rings. The highest BCUT2D eigenvalue weighted by Crippen LogP contribution is 2.40. The Morgan fingerprint density at radius 3 is 2.25 bits per heavy atom. The fourth-order valence-corrected chi connectivity index (χ4v) is 4.56. The Morgan fingerprint density at radius 1 is 0.938 bits per heavy atom. The highest BCUT2D eigenvalue weighted by molar-refractivity contribution is 5.33.